The highest BCUT2D eigenvalue weighted by atomic mass is 35.5. The Morgan fingerprint density at radius 3 is 2.81 bits per heavy atom. The standard InChI is InChI=1S/C10H13ClN4O/c1-16-8-7-15(6-2-3-12)10-9(11)13-4-5-14-10/h4-5H,2,6-8H2,1H3. The zero-order chi connectivity index (χ0) is 11.8. The number of anilines is 1. The summed E-state index contributed by atoms with van der Waals surface area (Å²) in [6.45, 7) is 1.76. The van der Waals surface area contributed by atoms with Crippen LogP contribution in [-0.4, -0.2) is 36.8 Å². The molecule has 1 heterocycles. The summed E-state index contributed by atoms with van der Waals surface area (Å²) in [5.41, 5.74) is 0. The van der Waals surface area contributed by atoms with Gasteiger partial charge in [0.2, 0.25) is 0 Å². The number of halogens is 1. The Hall–Kier alpha value is -1.38. The zero-order valence-corrected chi connectivity index (χ0v) is 9.81. The third kappa shape index (κ3) is 3.65. The highest BCUT2D eigenvalue weighted by Gasteiger charge is 2.11. The fourth-order valence-electron chi connectivity index (χ4n) is 1.24. The van der Waals surface area contributed by atoms with E-state index in [-0.39, 0.29) is 0 Å². The van der Waals surface area contributed by atoms with Gasteiger partial charge in [-0.05, 0) is 0 Å². The summed E-state index contributed by atoms with van der Waals surface area (Å²) in [5, 5.41) is 8.92. The van der Waals surface area contributed by atoms with Crippen molar-refractivity contribution >= 4 is 17.4 Å². The molecule has 1 rings (SSSR count). The number of nitrogens with zero attached hydrogens (tertiary/aromatic N) is 4. The molecule has 0 aliphatic rings. The van der Waals surface area contributed by atoms with Crippen molar-refractivity contribution in [3.05, 3.63) is 17.5 Å². The molecule has 5 nitrogen and oxygen atoms in total. The molecule has 0 saturated carbocycles. The minimum absolute atomic E-state index is 0.344. The summed E-state index contributed by atoms with van der Waals surface area (Å²) in [5.74, 6) is 0.594. The molecule has 1 aromatic heterocycles. The van der Waals surface area contributed by atoms with E-state index in [4.69, 9.17) is 21.6 Å². The van der Waals surface area contributed by atoms with Gasteiger partial charge in [-0.1, -0.05) is 11.6 Å². The van der Waals surface area contributed by atoms with E-state index >= 15 is 0 Å². The molecule has 0 saturated heterocycles. The minimum atomic E-state index is 0.344. The number of hydrogen-bond acceptors (Lipinski definition) is 5. The molecule has 0 amide bonds. The maximum absolute atomic E-state index is 8.58. The molecule has 1 aromatic rings. The first-order valence-corrected chi connectivity index (χ1v) is 5.24. The van der Waals surface area contributed by atoms with Crippen LogP contribution in [0.15, 0.2) is 12.4 Å². The maximum Gasteiger partial charge on any atom is 0.171 e. The predicted molar refractivity (Wildman–Crippen MR) is 61.4 cm³/mol. The van der Waals surface area contributed by atoms with Gasteiger partial charge in [-0.3, -0.25) is 0 Å². The number of rotatable bonds is 6. The highest BCUT2D eigenvalue weighted by Crippen LogP contribution is 2.19. The van der Waals surface area contributed by atoms with Gasteiger partial charge in [0.05, 0.1) is 19.1 Å². The largest absolute Gasteiger partial charge is 0.383 e. The van der Waals surface area contributed by atoms with Gasteiger partial charge in [-0.2, -0.15) is 5.26 Å². The van der Waals surface area contributed by atoms with Gasteiger partial charge in [0.25, 0.3) is 0 Å². The van der Waals surface area contributed by atoms with Crippen LogP contribution in [0.2, 0.25) is 5.15 Å². The second-order valence-electron chi connectivity index (χ2n) is 3.06. The van der Waals surface area contributed by atoms with Crippen molar-refractivity contribution in [1.29, 1.82) is 5.26 Å². The van der Waals surface area contributed by atoms with Crippen LogP contribution in [0.1, 0.15) is 6.42 Å². The van der Waals surface area contributed by atoms with Crippen LogP contribution >= 0.6 is 11.6 Å². The van der Waals surface area contributed by atoms with Crippen LogP contribution in [0.4, 0.5) is 5.82 Å². The smallest absolute Gasteiger partial charge is 0.171 e. The van der Waals surface area contributed by atoms with Gasteiger partial charge in [-0.25, -0.2) is 9.97 Å². The number of aromatic nitrogens is 2. The Balaban J connectivity index is 2.75. The van der Waals surface area contributed by atoms with E-state index in [0.717, 1.165) is 0 Å². The average Bonchev–Trinajstić information content (AvgIpc) is 2.31. The number of methoxy groups -OCH3 is 1. The SMILES string of the molecule is COCCN(CCC#N)c1nccnc1Cl. The quantitative estimate of drug-likeness (QED) is 0.754. The zero-order valence-electron chi connectivity index (χ0n) is 9.06. The van der Waals surface area contributed by atoms with Crippen molar-refractivity contribution in [2.75, 3.05) is 31.7 Å². The summed E-state index contributed by atoms with van der Waals surface area (Å²) in [4.78, 5) is 10.00. The molecule has 0 bridgehead atoms. The van der Waals surface area contributed by atoms with Gasteiger partial charge in [0, 0.05) is 32.6 Å². The van der Waals surface area contributed by atoms with Crippen LogP contribution in [-0.2, 0) is 4.74 Å². The molecule has 0 N–H and O–H groups in total. The molecule has 0 fully saturated rings. The van der Waals surface area contributed by atoms with Gasteiger partial charge in [0.1, 0.15) is 0 Å². The fourth-order valence-corrected chi connectivity index (χ4v) is 1.46. The number of ether oxygens (including phenoxy) is 1. The first-order valence-electron chi connectivity index (χ1n) is 4.87. The minimum Gasteiger partial charge on any atom is -0.383 e. The lowest BCUT2D eigenvalue weighted by molar-refractivity contribution is 0.205. The Labute approximate surface area is 99.6 Å². The van der Waals surface area contributed by atoms with Crippen LogP contribution in [0.5, 0.6) is 0 Å². The van der Waals surface area contributed by atoms with E-state index in [0.29, 0.717) is 37.1 Å². The Morgan fingerprint density at radius 1 is 1.44 bits per heavy atom. The van der Waals surface area contributed by atoms with Crippen molar-refractivity contribution in [1.82, 2.24) is 9.97 Å². The van der Waals surface area contributed by atoms with E-state index in [1.54, 1.807) is 13.3 Å². The van der Waals surface area contributed by atoms with E-state index < -0.39 is 0 Å². The molecule has 0 aromatic carbocycles. The van der Waals surface area contributed by atoms with Crippen molar-refractivity contribution in [3.63, 3.8) is 0 Å². The molecule has 16 heavy (non-hydrogen) atoms. The van der Waals surface area contributed by atoms with Gasteiger partial charge in [-0.15, -0.1) is 0 Å². The van der Waals surface area contributed by atoms with Crippen LogP contribution in [0.3, 0.4) is 0 Å². The molecular formula is C10H13ClN4O. The average molecular weight is 241 g/mol. The molecule has 6 heteroatoms. The third-order valence-electron chi connectivity index (χ3n) is 1.99. The van der Waals surface area contributed by atoms with E-state index in [1.807, 2.05) is 4.90 Å². The lowest BCUT2D eigenvalue weighted by Gasteiger charge is -2.22. The van der Waals surface area contributed by atoms with Crippen molar-refractivity contribution in [2.45, 2.75) is 6.42 Å². The second kappa shape index (κ2) is 6.99. The predicted octanol–water partition coefficient (Wildman–Crippen LogP) is 1.50. The molecule has 0 spiro atoms. The van der Waals surface area contributed by atoms with E-state index in [1.165, 1.54) is 6.20 Å². The molecule has 0 aliphatic heterocycles. The van der Waals surface area contributed by atoms with Gasteiger partial charge < -0.3 is 9.64 Å². The summed E-state index contributed by atoms with van der Waals surface area (Å²) in [7, 11) is 1.63. The van der Waals surface area contributed by atoms with Crippen molar-refractivity contribution in [2.24, 2.45) is 0 Å². The van der Waals surface area contributed by atoms with E-state index in [2.05, 4.69) is 16.0 Å². The molecule has 0 unspecified atom stereocenters. The Bertz CT molecular complexity index is 366. The second-order valence-corrected chi connectivity index (χ2v) is 3.42. The van der Waals surface area contributed by atoms with E-state index in [9.17, 15) is 0 Å². The Morgan fingerprint density at radius 2 is 2.19 bits per heavy atom. The summed E-state index contributed by atoms with van der Waals surface area (Å²) in [6.07, 6.45) is 3.52. The molecule has 0 atom stereocenters. The first kappa shape index (κ1) is 12.7. The monoisotopic (exact) mass is 240 g/mol. The van der Waals surface area contributed by atoms with Crippen molar-refractivity contribution in [3.8, 4) is 6.07 Å². The molecule has 0 aliphatic carbocycles. The summed E-state index contributed by atoms with van der Waals surface area (Å²) >= 11 is 5.94. The fraction of sp³-hybridized carbons (Fsp3) is 0.500. The molecule has 0 radical (unpaired) electrons. The van der Waals surface area contributed by atoms with Crippen molar-refractivity contribution < 1.29 is 4.74 Å². The summed E-state index contributed by atoms with van der Waals surface area (Å²) in [6, 6.07) is 2.09. The van der Waals surface area contributed by atoms with Gasteiger partial charge >= 0.3 is 0 Å². The lowest BCUT2D eigenvalue weighted by atomic mass is 10.4. The molecule has 86 valence electrons. The normalized spacial score (nSPS) is 9.81. The third-order valence-corrected chi connectivity index (χ3v) is 2.26. The number of hydrogen-bond donors (Lipinski definition) is 0. The van der Waals surface area contributed by atoms with Gasteiger partial charge in [0.15, 0.2) is 11.0 Å². The number of nitriles is 1. The first-order chi connectivity index (χ1) is 7.79. The Kier molecular flexibility index (Phi) is 5.54. The maximum atomic E-state index is 8.58. The lowest BCUT2D eigenvalue weighted by Crippen LogP contribution is -2.29. The van der Waals surface area contributed by atoms with Crippen LogP contribution < -0.4 is 4.90 Å². The highest BCUT2D eigenvalue weighted by molar-refractivity contribution is 6.31. The topological polar surface area (TPSA) is 62.0 Å². The summed E-state index contributed by atoms with van der Waals surface area (Å²) < 4.78 is 5.00. The molecular weight excluding hydrogens is 228 g/mol. The van der Waals surface area contributed by atoms with Crippen LogP contribution in [0, 0.1) is 11.3 Å². The van der Waals surface area contributed by atoms with Crippen LogP contribution in [0.25, 0.3) is 0 Å².